The molecule has 114 valence electrons. The van der Waals surface area contributed by atoms with Crippen LogP contribution < -0.4 is 5.32 Å². The van der Waals surface area contributed by atoms with Crippen molar-refractivity contribution >= 4 is 17.6 Å². The Morgan fingerprint density at radius 3 is 2.67 bits per heavy atom. The lowest BCUT2D eigenvalue weighted by Crippen LogP contribution is -2.33. The van der Waals surface area contributed by atoms with Gasteiger partial charge in [-0.3, -0.25) is 19.7 Å². The van der Waals surface area contributed by atoms with Crippen molar-refractivity contribution in [2.45, 2.75) is 39.2 Å². The molecule has 1 atom stereocenters. The molecule has 0 aliphatic heterocycles. The molecular weight excluding hydrogens is 276 g/mol. The van der Waals surface area contributed by atoms with E-state index in [1.807, 2.05) is 0 Å². The van der Waals surface area contributed by atoms with Crippen LogP contribution in [0.5, 0.6) is 0 Å². The monoisotopic (exact) mass is 294 g/mol. The van der Waals surface area contributed by atoms with Crippen molar-refractivity contribution in [3.63, 3.8) is 0 Å². The maximum atomic E-state index is 12.2. The van der Waals surface area contributed by atoms with Gasteiger partial charge in [0.2, 0.25) is 0 Å². The van der Waals surface area contributed by atoms with E-state index in [-0.39, 0.29) is 23.7 Å². The van der Waals surface area contributed by atoms with Gasteiger partial charge in [-0.25, -0.2) is 0 Å². The molecule has 1 amide bonds. The first-order valence-electron chi connectivity index (χ1n) is 6.59. The summed E-state index contributed by atoms with van der Waals surface area (Å²) in [6.45, 7) is 3.38. The molecule has 0 aliphatic rings. The molecule has 1 unspecified atom stereocenters. The number of nitrogens with one attached hydrogen (secondary N) is 1. The molecule has 0 saturated heterocycles. The number of benzene rings is 1. The minimum Gasteiger partial charge on any atom is -0.481 e. The molecule has 0 radical (unpaired) electrons. The highest BCUT2D eigenvalue weighted by Crippen LogP contribution is 2.21. The fourth-order valence-electron chi connectivity index (χ4n) is 2.03. The van der Waals surface area contributed by atoms with Crippen molar-refractivity contribution in [2.24, 2.45) is 0 Å². The molecule has 0 aromatic heterocycles. The Bertz CT molecular complexity index is 556. The highest BCUT2D eigenvalue weighted by molar-refractivity contribution is 5.99. The van der Waals surface area contributed by atoms with E-state index in [9.17, 15) is 19.7 Å². The molecule has 0 aliphatic carbocycles. The van der Waals surface area contributed by atoms with Crippen LogP contribution in [0, 0.1) is 17.0 Å². The number of amides is 1. The fraction of sp³-hybridized carbons (Fsp3) is 0.429. The number of hydrogen-bond acceptors (Lipinski definition) is 4. The van der Waals surface area contributed by atoms with Crippen LogP contribution in [0.4, 0.5) is 5.69 Å². The van der Waals surface area contributed by atoms with E-state index in [2.05, 4.69) is 5.32 Å². The molecule has 7 heteroatoms. The minimum atomic E-state index is -0.886. The quantitative estimate of drug-likeness (QED) is 0.592. The van der Waals surface area contributed by atoms with Crippen molar-refractivity contribution in [1.29, 1.82) is 0 Å². The fourth-order valence-corrected chi connectivity index (χ4v) is 2.03. The summed E-state index contributed by atoms with van der Waals surface area (Å²) < 4.78 is 0. The molecule has 0 fully saturated rings. The van der Waals surface area contributed by atoms with E-state index in [0.29, 0.717) is 18.4 Å². The lowest BCUT2D eigenvalue weighted by molar-refractivity contribution is -0.385. The summed E-state index contributed by atoms with van der Waals surface area (Å²) >= 11 is 0. The van der Waals surface area contributed by atoms with Gasteiger partial charge >= 0.3 is 5.97 Å². The maximum absolute atomic E-state index is 12.2. The van der Waals surface area contributed by atoms with Gasteiger partial charge in [0.15, 0.2) is 0 Å². The molecule has 0 saturated carbocycles. The topological polar surface area (TPSA) is 110 Å². The van der Waals surface area contributed by atoms with Crippen molar-refractivity contribution in [2.75, 3.05) is 0 Å². The average molecular weight is 294 g/mol. The van der Waals surface area contributed by atoms with Gasteiger partial charge in [-0.1, -0.05) is 12.1 Å². The number of nitro benzene ring substituents is 1. The van der Waals surface area contributed by atoms with Crippen LogP contribution in [0.3, 0.4) is 0 Å². The SMILES string of the molecule is Cc1cccc([N+](=O)[O-])c1C(=O)NC(C)CCCC(=O)O. The smallest absolute Gasteiger partial charge is 0.303 e. The molecule has 1 aromatic carbocycles. The van der Waals surface area contributed by atoms with Gasteiger partial charge in [0.1, 0.15) is 5.56 Å². The lowest BCUT2D eigenvalue weighted by Gasteiger charge is -2.14. The molecule has 0 spiro atoms. The third-order valence-corrected chi connectivity index (χ3v) is 3.08. The molecule has 0 bridgehead atoms. The van der Waals surface area contributed by atoms with Crippen molar-refractivity contribution < 1.29 is 19.6 Å². The van der Waals surface area contributed by atoms with E-state index >= 15 is 0 Å². The van der Waals surface area contributed by atoms with Crippen molar-refractivity contribution in [3.8, 4) is 0 Å². The molecular formula is C14H18N2O5. The number of aliphatic carboxylic acids is 1. The average Bonchev–Trinajstić information content (AvgIpc) is 2.37. The predicted molar refractivity (Wildman–Crippen MR) is 76.2 cm³/mol. The van der Waals surface area contributed by atoms with Gasteiger partial charge in [-0.15, -0.1) is 0 Å². The molecule has 1 aromatic rings. The zero-order chi connectivity index (χ0) is 16.0. The number of nitro groups is 1. The maximum Gasteiger partial charge on any atom is 0.303 e. The Hall–Kier alpha value is -2.44. The van der Waals surface area contributed by atoms with Crippen LogP contribution >= 0.6 is 0 Å². The van der Waals surface area contributed by atoms with Crippen LogP contribution in [0.15, 0.2) is 18.2 Å². The van der Waals surface area contributed by atoms with Gasteiger partial charge in [-0.2, -0.15) is 0 Å². The molecule has 21 heavy (non-hydrogen) atoms. The highest BCUT2D eigenvalue weighted by atomic mass is 16.6. The molecule has 7 nitrogen and oxygen atoms in total. The number of aryl methyl sites for hydroxylation is 1. The first-order valence-corrected chi connectivity index (χ1v) is 6.59. The summed E-state index contributed by atoms with van der Waals surface area (Å²) in [6.07, 6.45) is 0.967. The van der Waals surface area contributed by atoms with Crippen LogP contribution in [-0.2, 0) is 4.79 Å². The van der Waals surface area contributed by atoms with E-state index in [4.69, 9.17) is 5.11 Å². The number of carboxylic acids is 1. The third kappa shape index (κ3) is 4.87. The minimum absolute atomic E-state index is 0.0325. The Morgan fingerprint density at radius 2 is 2.10 bits per heavy atom. The van der Waals surface area contributed by atoms with Gasteiger partial charge in [0.05, 0.1) is 4.92 Å². The second kappa shape index (κ2) is 7.37. The van der Waals surface area contributed by atoms with Gasteiger partial charge in [0, 0.05) is 18.5 Å². The Kier molecular flexibility index (Phi) is 5.83. The zero-order valence-corrected chi connectivity index (χ0v) is 12.0. The van der Waals surface area contributed by atoms with Gasteiger partial charge in [-0.05, 0) is 32.3 Å². The van der Waals surface area contributed by atoms with Gasteiger partial charge in [0.25, 0.3) is 11.6 Å². The van der Waals surface area contributed by atoms with E-state index in [1.54, 1.807) is 19.9 Å². The predicted octanol–water partition coefficient (Wildman–Crippen LogP) is 2.28. The molecule has 0 heterocycles. The summed E-state index contributed by atoms with van der Waals surface area (Å²) in [5.74, 6) is -1.40. The molecule has 1 rings (SSSR count). The number of carbonyl (C=O) groups excluding carboxylic acids is 1. The third-order valence-electron chi connectivity index (χ3n) is 3.08. The number of nitrogens with zero attached hydrogens (tertiary/aromatic N) is 1. The van der Waals surface area contributed by atoms with Crippen LogP contribution in [-0.4, -0.2) is 27.9 Å². The van der Waals surface area contributed by atoms with Crippen molar-refractivity contribution in [3.05, 3.63) is 39.4 Å². The second-order valence-electron chi connectivity index (χ2n) is 4.89. The second-order valence-corrected chi connectivity index (χ2v) is 4.89. The Balaban J connectivity index is 2.76. The summed E-state index contributed by atoms with van der Waals surface area (Å²) in [4.78, 5) is 33.0. The van der Waals surface area contributed by atoms with Crippen LogP contribution in [0.1, 0.15) is 42.1 Å². The molecule has 2 N–H and O–H groups in total. The van der Waals surface area contributed by atoms with Crippen molar-refractivity contribution in [1.82, 2.24) is 5.32 Å². The zero-order valence-electron chi connectivity index (χ0n) is 12.0. The summed E-state index contributed by atoms with van der Waals surface area (Å²) in [5, 5.41) is 22.2. The van der Waals surface area contributed by atoms with E-state index < -0.39 is 16.8 Å². The van der Waals surface area contributed by atoms with Gasteiger partial charge < -0.3 is 10.4 Å². The first kappa shape index (κ1) is 16.6. The summed E-state index contributed by atoms with van der Waals surface area (Å²) in [5.41, 5.74) is 0.345. The Labute approximate surface area is 122 Å². The number of hydrogen-bond donors (Lipinski definition) is 2. The lowest BCUT2D eigenvalue weighted by atomic mass is 10.0. The van der Waals surface area contributed by atoms with Crippen LogP contribution in [0.25, 0.3) is 0 Å². The number of carbonyl (C=O) groups is 2. The standard InChI is InChI=1S/C14H18N2O5/c1-9-5-3-7-11(16(20)21)13(9)14(19)15-10(2)6-4-8-12(17)18/h3,5,7,10H,4,6,8H2,1-2H3,(H,15,19)(H,17,18). The Morgan fingerprint density at radius 1 is 1.43 bits per heavy atom. The first-order chi connectivity index (χ1) is 9.82. The van der Waals surface area contributed by atoms with E-state index in [1.165, 1.54) is 12.1 Å². The summed E-state index contributed by atoms with van der Waals surface area (Å²) in [6, 6.07) is 4.20. The largest absolute Gasteiger partial charge is 0.481 e. The summed E-state index contributed by atoms with van der Waals surface area (Å²) in [7, 11) is 0. The number of carboxylic acid groups (broad SMARTS) is 1. The number of rotatable bonds is 7. The van der Waals surface area contributed by atoms with Crippen LogP contribution in [0.2, 0.25) is 0 Å². The normalized spacial score (nSPS) is 11.7. The van der Waals surface area contributed by atoms with E-state index in [0.717, 1.165) is 0 Å². The highest BCUT2D eigenvalue weighted by Gasteiger charge is 2.23.